The Morgan fingerprint density at radius 3 is 2.15 bits per heavy atom. The summed E-state index contributed by atoms with van der Waals surface area (Å²) in [4.78, 5) is 2.83. The van der Waals surface area contributed by atoms with Gasteiger partial charge in [-0.1, -0.05) is 78.3 Å². The van der Waals surface area contributed by atoms with Crippen molar-refractivity contribution in [3.63, 3.8) is 0 Å². The van der Waals surface area contributed by atoms with Gasteiger partial charge in [0.15, 0.2) is 0 Å². The number of nitrogens with zero attached hydrogens (tertiary/aromatic N) is 2. The minimum atomic E-state index is -3.56. The van der Waals surface area contributed by atoms with Crippen LogP contribution in [0.2, 0.25) is 5.02 Å². The summed E-state index contributed by atoms with van der Waals surface area (Å²) < 4.78 is 27.8. The van der Waals surface area contributed by atoms with Crippen molar-refractivity contribution in [2.75, 3.05) is 33.2 Å². The van der Waals surface area contributed by atoms with Gasteiger partial charge >= 0.3 is 0 Å². The van der Waals surface area contributed by atoms with Gasteiger partial charge < -0.3 is 4.90 Å². The smallest absolute Gasteiger partial charge is 0.242 e. The fourth-order valence-corrected chi connectivity index (χ4v) is 6.41. The molecule has 3 aromatic carbocycles. The molecular weight excluding hydrogens is 464 g/mol. The van der Waals surface area contributed by atoms with Crippen molar-refractivity contribution in [1.29, 1.82) is 0 Å². The van der Waals surface area contributed by atoms with Crippen molar-refractivity contribution >= 4 is 21.6 Å². The Kier molecular flexibility index (Phi) is 8.43. The van der Waals surface area contributed by atoms with Crippen LogP contribution in [0.1, 0.15) is 42.2 Å². The molecule has 1 fully saturated rings. The van der Waals surface area contributed by atoms with Crippen molar-refractivity contribution in [2.45, 2.75) is 36.0 Å². The first-order chi connectivity index (χ1) is 16.4. The number of rotatable bonds is 9. The average molecular weight is 497 g/mol. The molecule has 1 heterocycles. The molecule has 0 bridgehead atoms. The highest BCUT2D eigenvalue weighted by atomic mass is 35.5. The van der Waals surface area contributed by atoms with E-state index in [9.17, 15) is 8.42 Å². The largest absolute Gasteiger partial charge is 0.303 e. The van der Waals surface area contributed by atoms with Crippen LogP contribution in [0.3, 0.4) is 0 Å². The second kappa shape index (κ2) is 11.5. The van der Waals surface area contributed by atoms with Gasteiger partial charge in [-0.3, -0.25) is 0 Å². The molecule has 3 aromatic rings. The number of hydrogen-bond donors (Lipinski definition) is 0. The zero-order chi connectivity index (χ0) is 24.0. The van der Waals surface area contributed by atoms with Crippen molar-refractivity contribution in [3.05, 3.63) is 101 Å². The van der Waals surface area contributed by atoms with Crippen molar-refractivity contribution < 1.29 is 8.42 Å². The molecule has 4 rings (SSSR count). The summed E-state index contributed by atoms with van der Waals surface area (Å²) in [5, 5.41) is 0.695. The molecule has 0 spiro atoms. The lowest BCUT2D eigenvalue weighted by atomic mass is 9.89. The van der Waals surface area contributed by atoms with Crippen LogP contribution in [-0.4, -0.2) is 50.8 Å². The molecule has 1 atom stereocenters. The summed E-state index contributed by atoms with van der Waals surface area (Å²) >= 11 is 6.56. The Morgan fingerprint density at radius 2 is 1.50 bits per heavy atom. The van der Waals surface area contributed by atoms with E-state index in [1.54, 1.807) is 31.3 Å². The summed E-state index contributed by atoms with van der Waals surface area (Å²) in [6.45, 7) is 3.44. The number of hydrogen-bond acceptors (Lipinski definition) is 3. The topological polar surface area (TPSA) is 40.6 Å². The molecule has 0 amide bonds. The normalized spacial score (nSPS) is 16.6. The van der Waals surface area contributed by atoms with E-state index in [0.29, 0.717) is 22.4 Å². The lowest BCUT2D eigenvalue weighted by molar-refractivity contribution is 0.203. The monoisotopic (exact) mass is 496 g/mol. The number of benzene rings is 3. The first kappa shape index (κ1) is 24.9. The molecule has 0 aromatic heterocycles. The van der Waals surface area contributed by atoms with Gasteiger partial charge in [-0.2, -0.15) is 0 Å². The highest BCUT2D eigenvalue weighted by molar-refractivity contribution is 7.89. The van der Waals surface area contributed by atoms with E-state index in [4.69, 9.17) is 11.6 Å². The quantitative estimate of drug-likeness (QED) is 0.364. The van der Waals surface area contributed by atoms with E-state index >= 15 is 0 Å². The third kappa shape index (κ3) is 6.08. The molecule has 4 nitrogen and oxygen atoms in total. The average Bonchev–Trinajstić information content (AvgIpc) is 2.88. The maximum absolute atomic E-state index is 13.1. The molecular formula is C28H33ClN2O2S. The first-order valence-corrected chi connectivity index (χ1v) is 13.8. The predicted octanol–water partition coefficient (Wildman–Crippen LogP) is 6.01. The molecule has 6 heteroatoms. The lowest BCUT2D eigenvalue weighted by Gasteiger charge is -2.33. The van der Waals surface area contributed by atoms with Gasteiger partial charge in [0, 0.05) is 24.5 Å². The molecule has 0 saturated carbocycles. The fraction of sp³-hybridized carbons (Fsp3) is 0.357. The number of piperidine rings is 1. The predicted molar refractivity (Wildman–Crippen MR) is 140 cm³/mol. The second-order valence-electron chi connectivity index (χ2n) is 9.13. The van der Waals surface area contributed by atoms with E-state index in [-0.39, 0.29) is 5.92 Å². The van der Waals surface area contributed by atoms with Crippen LogP contribution < -0.4 is 0 Å². The summed E-state index contributed by atoms with van der Waals surface area (Å²) in [5.74, 6) is 0.642. The van der Waals surface area contributed by atoms with E-state index in [0.717, 1.165) is 44.5 Å². The van der Waals surface area contributed by atoms with Crippen molar-refractivity contribution in [2.24, 2.45) is 0 Å². The molecule has 0 radical (unpaired) electrons. The van der Waals surface area contributed by atoms with Crippen LogP contribution in [0.5, 0.6) is 0 Å². The minimum absolute atomic E-state index is 0.0176. The SMILES string of the molecule is CN(C[C@H](CCN1CCC(c2ccccc2)CC1)c1ccccc1Cl)S(=O)(=O)c1ccccc1. The summed E-state index contributed by atoms with van der Waals surface area (Å²) in [6, 6.07) is 27.2. The fourth-order valence-electron chi connectivity index (χ4n) is 4.89. The zero-order valence-electron chi connectivity index (χ0n) is 19.7. The van der Waals surface area contributed by atoms with Crippen molar-refractivity contribution in [3.8, 4) is 0 Å². The van der Waals surface area contributed by atoms with Gasteiger partial charge in [0.05, 0.1) is 4.90 Å². The number of likely N-dealkylation sites (N-methyl/N-ethyl adjacent to an activating group) is 1. The first-order valence-electron chi connectivity index (χ1n) is 12.0. The molecule has 1 aliphatic heterocycles. The van der Waals surface area contributed by atoms with Gasteiger partial charge in [0.1, 0.15) is 0 Å². The van der Waals surface area contributed by atoms with Crippen LogP contribution in [-0.2, 0) is 10.0 Å². The van der Waals surface area contributed by atoms with E-state index in [2.05, 4.69) is 35.2 Å². The molecule has 34 heavy (non-hydrogen) atoms. The number of halogens is 1. The van der Waals surface area contributed by atoms with Crippen molar-refractivity contribution in [1.82, 2.24) is 9.21 Å². The third-order valence-corrected chi connectivity index (χ3v) is 9.11. The molecule has 1 saturated heterocycles. The summed E-state index contributed by atoms with van der Waals surface area (Å²) in [5.41, 5.74) is 2.45. The Hall–Kier alpha value is -2.18. The van der Waals surface area contributed by atoms with E-state index < -0.39 is 10.0 Å². The molecule has 0 aliphatic carbocycles. The maximum Gasteiger partial charge on any atom is 0.242 e. The Bertz CT molecular complexity index is 1150. The zero-order valence-corrected chi connectivity index (χ0v) is 21.3. The van der Waals surface area contributed by atoms with E-state index in [1.807, 2.05) is 30.3 Å². The van der Waals surface area contributed by atoms with Crippen LogP contribution in [0.15, 0.2) is 89.8 Å². The lowest BCUT2D eigenvalue weighted by Crippen LogP contribution is -2.36. The Balaban J connectivity index is 1.42. The Morgan fingerprint density at radius 1 is 0.912 bits per heavy atom. The molecule has 0 N–H and O–H groups in total. The van der Waals surface area contributed by atoms with Gasteiger partial charge in [0.2, 0.25) is 10.0 Å². The second-order valence-corrected chi connectivity index (χ2v) is 11.6. The highest BCUT2D eigenvalue weighted by Crippen LogP contribution is 2.31. The molecule has 0 unspecified atom stereocenters. The minimum Gasteiger partial charge on any atom is -0.303 e. The summed E-state index contributed by atoms with van der Waals surface area (Å²) in [6.07, 6.45) is 3.17. The standard InChI is InChI=1S/C28H33ClN2O2S/c1-30(34(32,33)26-12-6-3-7-13-26)22-25(27-14-8-9-15-28(27)29)18-21-31-19-16-24(17-20-31)23-10-4-2-5-11-23/h2-15,24-25H,16-22H2,1H3/t25-/m0/s1. The maximum atomic E-state index is 13.1. The van der Waals surface area contributed by atoms with Crippen LogP contribution in [0.25, 0.3) is 0 Å². The molecule has 1 aliphatic rings. The number of likely N-dealkylation sites (tertiary alicyclic amines) is 1. The van der Waals surface area contributed by atoms with E-state index in [1.165, 1.54) is 9.87 Å². The van der Waals surface area contributed by atoms with Crippen LogP contribution in [0.4, 0.5) is 0 Å². The number of sulfonamides is 1. The highest BCUT2D eigenvalue weighted by Gasteiger charge is 2.27. The van der Waals surface area contributed by atoms with Crippen LogP contribution in [0, 0.1) is 0 Å². The Labute approximate surface area is 209 Å². The summed E-state index contributed by atoms with van der Waals surface area (Å²) in [7, 11) is -1.90. The molecule has 180 valence electrons. The van der Waals surface area contributed by atoms with Crippen LogP contribution >= 0.6 is 11.6 Å². The van der Waals surface area contributed by atoms with Gasteiger partial charge in [-0.15, -0.1) is 0 Å². The van der Waals surface area contributed by atoms with Gasteiger partial charge in [-0.25, -0.2) is 12.7 Å². The van der Waals surface area contributed by atoms with Gasteiger partial charge in [-0.05, 0) is 74.1 Å². The third-order valence-electron chi connectivity index (χ3n) is 6.93. The van der Waals surface area contributed by atoms with Gasteiger partial charge in [0.25, 0.3) is 0 Å².